The van der Waals surface area contributed by atoms with E-state index in [-0.39, 0.29) is 32.4 Å². The van der Waals surface area contributed by atoms with Crippen molar-refractivity contribution in [3.05, 3.63) is 39.5 Å². The first-order chi connectivity index (χ1) is 24.0. The highest BCUT2D eigenvalue weighted by Crippen LogP contribution is 2.42. The van der Waals surface area contributed by atoms with Crippen molar-refractivity contribution in [3.8, 4) is 11.5 Å². The summed E-state index contributed by atoms with van der Waals surface area (Å²) >= 11 is 13.8. The highest BCUT2D eigenvalue weighted by Gasteiger charge is 2.55. The number of fused-ring (bicyclic) bond motifs is 1. The van der Waals surface area contributed by atoms with Gasteiger partial charge < -0.3 is 51.4 Å². The van der Waals surface area contributed by atoms with Crippen molar-refractivity contribution in [2.45, 2.75) is 43.7 Å². The first-order valence-corrected chi connectivity index (χ1v) is 18.3. The smallest absolute Gasteiger partial charge is 0.352 e. The van der Waals surface area contributed by atoms with Crippen LogP contribution in [0.3, 0.4) is 0 Å². The Morgan fingerprint density at radius 1 is 1.24 bits per heavy atom. The predicted octanol–water partition coefficient (Wildman–Crippen LogP) is 1.71. The Morgan fingerprint density at radius 3 is 2.57 bits per heavy atom. The second-order valence-electron chi connectivity index (χ2n) is 12.6. The number of rotatable bonds is 13. The topological polar surface area (TPSA) is 249 Å². The van der Waals surface area contributed by atoms with E-state index in [1.165, 1.54) is 48.0 Å². The summed E-state index contributed by atoms with van der Waals surface area (Å²) in [5, 5.41) is 52.6. The van der Waals surface area contributed by atoms with Crippen molar-refractivity contribution in [3.63, 3.8) is 0 Å². The maximum absolute atomic E-state index is 13.5. The first-order valence-electron chi connectivity index (χ1n) is 15.6. The maximum Gasteiger partial charge on any atom is 0.352 e. The Labute approximate surface area is 310 Å². The molecule has 51 heavy (non-hydrogen) atoms. The van der Waals surface area contributed by atoms with Crippen molar-refractivity contribution in [2.75, 3.05) is 49.5 Å². The lowest BCUT2D eigenvalue weighted by Gasteiger charge is -2.50. The van der Waals surface area contributed by atoms with Gasteiger partial charge >= 0.3 is 11.9 Å². The summed E-state index contributed by atoms with van der Waals surface area (Å²) in [5.41, 5.74) is 4.35. The number of aromatic hydroxyl groups is 2. The lowest BCUT2D eigenvalue weighted by molar-refractivity contribution is -0.911. The summed E-state index contributed by atoms with van der Waals surface area (Å²) in [5.74, 6) is -4.61. The molecule has 21 heteroatoms. The van der Waals surface area contributed by atoms with Gasteiger partial charge in [-0.15, -0.1) is 23.1 Å². The van der Waals surface area contributed by atoms with Crippen LogP contribution in [0.2, 0.25) is 5.02 Å². The van der Waals surface area contributed by atoms with Gasteiger partial charge in [0, 0.05) is 29.5 Å². The number of aliphatic carboxylic acids is 2. The number of thioether (sulfide) groups is 1. The van der Waals surface area contributed by atoms with E-state index in [4.69, 9.17) is 34.4 Å². The number of β-lactam (4-membered cyclic amide) rings is 1. The number of halogens is 1. The largest absolute Gasteiger partial charge is 0.504 e. The number of quaternary nitrogens is 1. The Hall–Kier alpha value is -4.37. The number of nitrogens with one attached hydrogen (secondary N) is 3. The number of phenols is 2. The van der Waals surface area contributed by atoms with Crippen LogP contribution >= 0.6 is 46.9 Å². The number of benzene rings is 1. The molecule has 0 bridgehead atoms. The molecule has 2 aromatic rings. The van der Waals surface area contributed by atoms with Crippen LogP contribution in [0, 0.1) is 0 Å². The predicted molar refractivity (Wildman–Crippen MR) is 194 cm³/mol. The number of nitrogens with zero attached hydrogens (tertiary/aromatic N) is 4. The van der Waals surface area contributed by atoms with Crippen LogP contribution in [0.4, 0.5) is 10.8 Å². The number of hydrogen-bond acceptors (Lipinski definition) is 13. The van der Waals surface area contributed by atoms with Crippen molar-refractivity contribution in [1.82, 2.24) is 20.5 Å². The molecule has 1 aromatic carbocycles. The summed E-state index contributed by atoms with van der Waals surface area (Å²) in [6, 6.07) is 1.66. The van der Waals surface area contributed by atoms with E-state index in [0.717, 1.165) is 37.3 Å². The Bertz CT molecular complexity index is 1830. The molecule has 2 amide bonds. The lowest BCUT2D eigenvalue weighted by Crippen LogP contribution is -2.71. The summed E-state index contributed by atoms with van der Waals surface area (Å²) in [6.07, 6.45) is 1.88. The third kappa shape index (κ3) is 8.09. The first kappa shape index (κ1) is 37.9. The zero-order chi connectivity index (χ0) is 37.2. The molecule has 0 aliphatic carbocycles. The molecule has 1 aromatic heterocycles. The third-order valence-corrected chi connectivity index (χ3v) is 11.3. The molecule has 2 atom stereocenters. The van der Waals surface area contributed by atoms with Crippen LogP contribution in [0.15, 0.2) is 33.9 Å². The summed E-state index contributed by atoms with van der Waals surface area (Å²) < 4.78 is 0.569. The number of nitrogens with two attached hydrogens (primary N) is 1. The number of carbonyl (C=O) groups excluding carboxylic acids is 2. The Morgan fingerprint density at radius 2 is 1.94 bits per heavy atom. The molecule has 17 nitrogen and oxygen atoms in total. The van der Waals surface area contributed by atoms with Gasteiger partial charge in [-0.25, -0.2) is 14.6 Å². The minimum atomic E-state index is -1.78. The normalized spacial score (nSPS) is 19.9. The maximum atomic E-state index is 13.5. The molecule has 2 saturated heterocycles. The van der Waals surface area contributed by atoms with Crippen LogP contribution in [-0.2, 0) is 24.0 Å². The number of aromatic nitrogens is 1. The molecule has 3 aliphatic heterocycles. The molecule has 5 rings (SSSR count). The Kier molecular flexibility index (Phi) is 11.2. The number of thiazole rings is 1. The summed E-state index contributed by atoms with van der Waals surface area (Å²) in [6.45, 7) is 5.48. The number of amides is 2. The van der Waals surface area contributed by atoms with Gasteiger partial charge in [0.15, 0.2) is 27.5 Å². The summed E-state index contributed by atoms with van der Waals surface area (Å²) in [7, 11) is 0. The number of phenolic OH excluding ortho intramolecular Hbond substituents is 2. The van der Waals surface area contributed by atoms with E-state index in [1.807, 2.05) is 0 Å². The van der Waals surface area contributed by atoms with Crippen molar-refractivity contribution < 1.29 is 48.9 Å². The molecule has 0 saturated carbocycles. The molecule has 2 fully saturated rings. The van der Waals surface area contributed by atoms with E-state index < -0.39 is 52.2 Å². The van der Waals surface area contributed by atoms with E-state index in [2.05, 4.69) is 26.1 Å². The Balaban J connectivity index is 1.27. The van der Waals surface area contributed by atoms with Gasteiger partial charge in [-0.2, -0.15) is 0 Å². The number of carboxylic acids is 2. The third-order valence-electron chi connectivity index (χ3n) is 8.65. The standard InChI is InChI=1S/C30H35ClN8O9S3/c1-30(2,27(46)47)48-37-19(16-13-51-28(32)34-16)23(42)36-20-24(43)38-21(26(44)45)14(12-50-25(20)38)11-39(8-3-4-9-39)10-7-33-29(49)35-15-5-6-17(40)22(41)18(15)31/h5-6,13,20,25H,3-4,7-12H2,1-2H3,(H8-,32,33,34,35,36,37,40,41,42,44,45,46,47,49)/p+1/t20-,25-/m1/s1. The zero-order valence-corrected chi connectivity index (χ0v) is 30.5. The number of oxime groups is 1. The fourth-order valence-corrected chi connectivity index (χ4v) is 8.21. The number of carboxylic acid groups (broad SMARTS) is 2. The number of nitrogen functional groups attached to an aromatic ring is 1. The van der Waals surface area contributed by atoms with Gasteiger partial charge in [0.2, 0.25) is 5.60 Å². The fourth-order valence-electron chi connectivity index (χ4n) is 5.91. The number of likely N-dealkylation sites (tertiary alicyclic amines) is 1. The highest BCUT2D eigenvalue weighted by molar-refractivity contribution is 8.00. The summed E-state index contributed by atoms with van der Waals surface area (Å²) in [4.78, 5) is 61.4. The molecule has 274 valence electrons. The van der Waals surface area contributed by atoms with E-state index >= 15 is 0 Å². The number of anilines is 2. The number of carbonyl (C=O) groups is 4. The monoisotopic (exact) mass is 783 g/mol. The van der Waals surface area contributed by atoms with Gasteiger partial charge in [-0.1, -0.05) is 16.8 Å². The average Bonchev–Trinajstić information content (AvgIpc) is 3.72. The lowest BCUT2D eigenvalue weighted by atomic mass is 10.0. The molecule has 9 N–H and O–H groups in total. The van der Waals surface area contributed by atoms with Crippen molar-refractivity contribution >= 4 is 92.3 Å². The van der Waals surface area contributed by atoms with E-state index in [0.29, 0.717) is 41.1 Å². The minimum absolute atomic E-state index is 0.0126. The SMILES string of the molecule is CC(C)(O/N=C(\C(=O)N[C@@H]1C(=O)N2C(C(=O)O)=C(C[N+]3(CCNC(=S)Nc4ccc(O)c(O)c4Cl)CCCC3)CS[C@H]12)c1csc(N)n1)C(=O)O. The molecule has 3 aliphatic rings. The fraction of sp³-hybridized carbons (Fsp3) is 0.433. The average molecular weight is 784 g/mol. The number of hydrogen-bond donors (Lipinski definition) is 8. The van der Waals surface area contributed by atoms with Crippen molar-refractivity contribution in [1.29, 1.82) is 0 Å². The molecule has 0 radical (unpaired) electrons. The van der Waals surface area contributed by atoms with Gasteiger partial charge in [-0.05, 0) is 38.2 Å². The second-order valence-corrected chi connectivity index (χ2v) is 15.4. The zero-order valence-electron chi connectivity index (χ0n) is 27.3. The van der Waals surface area contributed by atoms with Crippen LogP contribution in [0.1, 0.15) is 32.4 Å². The number of thiocarbonyl (C=S) groups is 1. The molecule has 0 unspecified atom stereocenters. The van der Waals surface area contributed by atoms with Crippen LogP contribution < -0.4 is 21.7 Å². The second kappa shape index (κ2) is 15.1. The van der Waals surface area contributed by atoms with Crippen LogP contribution in [0.5, 0.6) is 11.5 Å². The molecular weight excluding hydrogens is 748 g/mol. The molecule has 0 spiro atoms. The quantitative estimate of drug-likeness (QED) is 0.0274. The highest BCUT2D eigenvalue weighted by atomic mass is 35.5. The van der Waals surface area contributed by atoms with Gasteiger partial charge in [0.25, 0.3) is 11.8 Å². The molecule has 4 heterocycles. The van der Waals surface area contributed by atoms with Gasteiger partial charge in [-0.3, -0.25) is 14.5 Å². The van der Waals surface area contributed by atoms with E-state index in [9.17, 15) is 39.6 Å². The van der Waals surface area contributed by atoms with Crippen molar-refractivity contribution in [2.24, 2.45) is 5.16 Å². The van der Waals surface area contributed by atoms with Gasteiger partial charge in [0.05, 0.1) is 31.9 Å². The van der Waals surface area contributed by atoms with Crippen LogP contribution in [0.25, 0.3) is 0 Å². The van der Waals surface area contributed by atoms with E-state index in [1.54, 1.807) is 0 Å². The van der Waals surface area contributed by atoms with Crippen LogP contribution in [-0.4, -0.2) is 125 Å². The minimum Gasteiger partial charge on any atom is -0.504 e. The van der Waals surface area contributed by atoms with Gasteiger partial charge in [0.1, 0.15) is 34.4 Å². The molecular formula is C30H36ClN8O9S3+.